The molecule has 0 atom stereocenters. The van der Waals surface area contributed by atoms with E-state index in [1.165, 1.54) is 5.39 Å². The van der Waals surface area contributed by atoms with Gasteiger partial charge >= 0.3 is 0 Å². The van der Waals surface area contributed by atoms with Crippen LogP contribution in [0.1, 0.15) is 22.3 Å². The molecule has 8 aromatic rings. The molecule has 0 fully saturated rings. The summed E-state index contributed by atoms with van der Waals surface area (Å²) in [5.41, 5.74) is 8.99. The Hall–Kier alpha value is -6.25. The molecule has 206 valence electrons. The van der Waals surface area contributed by atoms with Crippen LogP contribution in [0.2, 0.25) is 0 Å². The van der Waals surface area contributed by atoms with E-state index in [0.29, 0.717) is 28.1 Å². The number of hydrogen-bond acceptors (Lipinski definition) is 4. The lowest BCUT2D eigenvalue weighted by atomic mass is 9.99. The first-order valence-electron chi connectivity index (χ1n) is 14.4. The second-order valence-corrected chi connectivity index (χ2v) is 10.8. The van der Waals surface area contributed by atoms with Gasteiger partial charge in [-0.25, -0.2) is 0 Å². The molecule has 0 spiro atoms. The van der Waals surface area contributed by atoms with Crippen molar-refractivity contribution < 1.29 is 4.42 Å². The Bertz CT molecular complexity index is 2470. The lowest BCUT2D eigenvalue weighted by Crippen LogP contribution is -2.02. The molecule has 0 saturated carbocycles. The van der Waals surface area contributed by atoms with Crippen molar-refractivity contribution in [1.29, 1.82) is 10.7 Å². The largest absolute Gasteiger partial charge is 0.456 e. The zero-order valence-corrected chi connectivity index (χ0v) is 23.5. The number of rotatable bonds is 5. The average Bonchev–Trinajstić information content (AvgIpc) is 3.61. The lowest BCUT2D eigenvalue weighted by molar-refractivity contribution is 0.669. The van der Waals surface area contributed by atoms with E-state index in [2.05, 4.69) is 77.4 Å². The predicted molar refractivity (Wildman–Crippen MR) is 179 cm³/mol. The van der Waals surface area contributed by atoms with Crippen molar-refractivity contribution in [2.75, 3.05) is 0 Å². The van der Waals surface area contributed by atoms with Gasteiger partial charge in [-0.15, -0.1) is 0 Å². The minimum absolute atomic E-state index is 0.330. The Kier molecular flexibility index (Phi) is 5.92. The average molecular weight is 565 g/mol. The number of furan rings is 1. The summed E-state index contributed by atoms with van der Waals surface area (Å²) in [6.07, 6.45) is 1.83. The first-order valence-corrected chi connectivity index (χ1v) is 14.4. The summed E-state index contributed by atoms with van der Waals surface area (Å²) in [7, 11) is 0. The van der Waals surface area contributed by atoms with Crippen LogP contribution in [0.5, 0.6) is 0 Å². The van der Waals surface area contributed by atoms with Crippen molar-refractivity contribution in [1.82, 2.24) is 4.57 Å². The molecule has 0 aliphatic rings. The van der Waals surface area contributed by atoms with E-state index in [1.54, 1.807) is 18.2 Å². The van der Waals surface area contributed by atoms with Crippen LogP contribution in [0.25, 0.3) is 49.4 Å². The zero-order chi connectivity index (χ0) is 29.6. The molecule has 5 nitrogen and oxygen atoms in total. The molecule has 0 bridgehead atoms. The minimum atomic E-state index is 0.330. The van der Waals surface area contributed by atoms with Crippen LogP contribution in [-0.4, -0.2) is 16.5 Å². The molecule has 0 radical (unpaired) electrons. The molecule has 1 N–H and O–H groups in total. The first-order chi connectivity index (χ1) is 21.7. The summed E-state index contributed by atoms with van der Waals surface area (Å²) >= 11 is 0. The van der Waals surface area contributed by atoms with E-state index < -0.39 is 0 Å². The number of nitrogens with one attached hydrogen (secondary N) is 1. The van der Waals surface area contributed by atoms with Crippen LogP contribution >= 0.6 is 0 Å². The quantitative estimate of drug-likeness (QED) is 0.211. The molecule has 0 aliphatic heterocycles. The molecule has 0 saturated heterocycles. The molecule has 0 aliphatic carbocycles. The molecule has 2 heterocycles. The van der Waals surface area contributed by atoms with Gasteiger partial charge in [-0.3, -0.25) is 10.4 Å². The first kappa shape index (κ1) is 25.5. The Labute approximate surface area is 253 Å². The van der Waals surface area contributed by atoms with E-state index in [9.17, 15) is 5.26 Å². The summed E-state index contributed by atoms with van der Waals surface area (Å²) in [6.45, 7) is 0. The van der Waals surface area contributed by atoms with Crippen molar-refractivity contribution in [3.8, 4) is 11.8 Å². The molecule has 6 aromatic carbocycles. The van der Waals surface area contributed by atoms with Gasteiger partial charge in [0.2, 0.25) is 0 Å². The Morgan fingerprint density at radius 1 is 0.682 bits per heavy atom. The topological polar surface area (TPSA) is 78.1 Å². The summed E-state index contributed by atoms with van der Waals surface area (Å²) in [4.78, 5) is 4.77. The number of fused-ring (bicyclic) bond motifs is 6. The fraction of sp³-hybridized carbons (Fsp3) is 0. The highest BCUT2D eigenvalue weighted by Crippen LogP contribution is 2.38. The fourth-order valence-corrected chi connectivity index (χ4v) is 6.02. The van der Waals surface area contributed by atoms with E-state index in [4.69, 9.17) is 14.8 Å². The summed E-state index contributed by atoms with van der Waals surface area (Å²) in [5, 5.41) is 22.6. The monoisotopic (exact) mass is 564 g/mol. The lowest BCUT2D eigenvalue weighted by Gasteiger charge is -2.09. The van der Waals surface area contributed by atoms with Crippen LogP contribution < -0.4 is 0 Å². The van der Waals surface area contributed by atoms with Crippen molar-refractivity contribution in [2.45, 2.75) is 0 Å². The van der Waals surface area contributed by atoms with Crippen LogP contribution in [0.4, 0.5) is 5.69 Å². The maximum absolute atomic E-state index is 9.29. The third kappa shape index (κ3) is 4.17. The van der Waals surface area contributed by atoms with E-state index in [1.807, 2.05) is 54.7 Å². The Balaban J connectivity index is 1.17. The van der Waals surface area contributed by atoms with Crippen molar-refractivity contribution >= 4 is 61.4 Å². The number of benzene rings is 6. The summed E-state index contributed by atoms with van der Waals surface area (Å²) in [5.74, 6) is 0. The van der Waals surface area contributed by atoms with Crippen LogP contribution in [0, 0.1) is 16.7 Å². The van der Waals surface area contributed by atoms with Crippen LogP contribution in [-0.2, 0) is 0 Å². The standard InChI is InChI=1S/C39H24N4O/c40-23-26-8-7-9-27(20-26)39(41)31-12-1-4-13-34(31)42-24-25-16-18-28(19-17-25)43-35-14-5-2-10-29(35)32-22-38-33(21-36(32)43)30-11-3-6-15-37(30)44-38/h1-22,24,41H/b41-39?,42-24+. The number of nitrogens with zero attached hydrogens (tertiary/aromatic N) is 3. The summed E-state index contributed by atoms with van der Waals surface area (Å²) < 4.78 is 8.52. The molecule has 5 heteroatoms. The van der Waals surface area contributed by atoms with Gasteiger partial charge in [0.15, 0.2) is 0 Å². The Morgan fingerprint density at radius 2 is 1.45 bits per heavy atom. The molecular weight excluding hydrogens is 540 g/mol. The van der Waals surface area contributed by atoms with Crippen LogP contribution in [0.15, 0.2) is 143 Å². The number of para-hydroxylation sites is 3. The third-order valence-electron chi connectivity index (χ3n) is 8.13. The van der Waals surface area contributed by atoms with Gasteiger partial charge < -0.3 is 8.98 Å². The SMILES string of the molecule is N#Cc1cccc(C(=N)c2ccccc2/N=C/c2ccc(-n3c4ccccc4c4cc5oc6ccccc6c5cc43)cc2)c1. The number of nitriles is 1. The number of hydrogen-bond donors (Lipinski definition) is 1. The van der Waals surface area contributed by atoms with E-state index in [-0.39, 0.29) is 0 Å². The van der Waals surface area contributed by atoms with Gasteiger partial charge in [0.25, 0.3) is 0 Å². The predicted octanol–water partition coefficient (Wildman–Crippen LogP) is 9.72. The normalized spacial score (nSPS) is 11.6. The number of aromatic nitrogens is 1. The van der Waals surface area contributed by atoms with Gasteiger partial charge in [0, 0.05) is 44.6 Å². The highest BCUT2D eigenvalue weighted by Gasteiger charge is 2.16. The van der Waals surface area contributed by atoms with Crippen molar-refractivity contribution in [2.24, 2.45) is 4.99 Å². The van der Waals surface area contributed by atoms with Gasteiger partial charge in [-0.1, -0.05) is 78.9 Å². The maximum atomic E-state index is 9.29. The number of aliphatic imine (C=N–C) groups is 1. The summed E-state index contributed by atoms with van der Waals surface area (Å²) in [6, 6.07) is 46.3. The molecular formula is C39H24N4O. The Morgan fingerprint density at radius 3 is 2.32 bits per heavy atom. The maximum Gasteiger partial charge on any atom is 0.136 e. The van der Waals surface area contributed by atoms with Gasteiger partial charge in [-0.2, -0.15) is 5.26 Å². The third-order valence-corrected chi connectivity index (χ3v) is 8.13. The van der Waals surface area contributed by atoms with Crippen LogP contribution in [0.3, 0.4) is 0 Å². The second kappa shape index (κ2) is 10.2. The van der Waals surface area contributed by atoms with E-state index in [0.717, 1.165) is 49.6 Å². The van der Waals surface area contributed by atoms with Crippen molar-refractivity contribution in [3.63, 3.8) is 0 Å². The fourth-order valence-electron chi connectivity index (χ4n) is 6.02. The molecule has 0 unspecified atom stereocenters. The molecule has 44 heavy (non-hydrogen) atoms. The van der Waals surface area contributed by atoms with Gasteiger partial charge in [-0.05, 0) is 60.2 Å². The molecule has 2 aromatic heterocycles. The smallest absolute Gasteiger partial charge is 0.136 e. The molecule has 0 amide bonds. The van der Waals surface area contributed by atoms with Crippen molar-refractivity contribution in [3.05, 3.63) is 156 Å². The molecule has 8 rings (SSSR count). The van der Waals surface area contributed by atoms with Gasteiger partial charge in [0.05, 0.1) is 34.1 Å². The highest BCUT2D eigenvalue weighted by molar-refractivity contribution is 6.17. The van der Waals surface area contributed by atoms with E-state index >= 15 is 0 Å². The zero-order valence-electron chi connectivity index (χ0n) is 23.5. The second-order valence-electron chi connectivity index (χ2n) is 10.8. The minimum Gasteiger partial charge on any atom is -0.456 e. The highest BCUT2D eigenvalue weighted by atomic mass is 16.3. The van der Waals surface area contributed by atoms with Gasteiger partial charge in [0.1, 0.15) is 11.2 Å².